The molecule has 0 radical (unpaired) electrons. The molecule has 2 aromatic rings. The molecule has 0 aromatic heterocycles. The summed E-state index contributed by atoms with van der Waals surface area (Å²) in [4.78, 5) is 0. The molecule has 1 saturated heterocycles. The second-order valence-electron chi connectivity index (χ2n) is 5.12. The third-order valence-corrected chi connectivity index (χ3v) is 3.93. The molecular formula is C16H19N. The van der Waals surface area contributed by atoms with E-state index < -0.39 is 0 Å². The van der Waals surface area contributed by atoms with Crippen LogP contribution in [0, 0.1) is 5.92 Å². The molecule has 0 bridgehead atoms. The van der Waals surface area contributed by atoms with Gasteiger partial charge in [-0.2, -0.15) is 0 Å². The topological polar surface area (TPSA) is 12.0 Å². The Balaban J connectivity index is 2.10. The predicted octanol–water partition coefficient (Wildman–Crippen LogP) is 3.90. The molecule has 1 aliphatic rings. The lowest BCUT2D eigenvalue weighted by atomic mass is 9.85. The molecule has 0 spiro atoms. The van der Waals surface area contributed by atoms with Gasteiger partial charge in [0.25, 0.3) is 0 Å². The molecule has 17 heavy (non-hydrogen) atoms. The Kier molecular flexibility index (Phi) is 2.86. The first-order chi connectivity index (χ1) is 8.36. The number of piperidine rings is 1. The van der Waals surface area contributed by atoms with Crippen molar-refractivity contribution in [2.24, 2.45) is 5.92 Å². The van der Waals surface area contributed by atoms with E-state index in [1.54, 1.807) is 0 Å². The van der Waals surface area contributed by atoms with Crippen LogP contribution < -0.4 is 5.32 Å². The van der Waals surface area contributed by atoms with Crippen LogP contribution in [0.15, 0.2) is 42.5 Å². The monoisotopic (exact) mass is 225 g/mol. The zero-order valence-electron chi connectivity index (χ0n) is 10.3. The highest BCUT2D eigenvalue weighted by Gasteiger charge is 2.23. The van der Waals surface area contributed by atoms with Crippen molar-refractivity contribution in [3.05, 3.63) is 48.0 Å². The van der Waals surface area contributed by atoms with E-state index in [4.69, 9.17) is 0 Å². The lowest BCUT2D eigenvalue weighted by Crippen LogP contribution is -2.32. The number of hydrogen-bond donors (Lipinski definition) is 1. The molecule has 1 heteroatoms. The van der Waals surface area contributed by atoms with Gasteiger partial charge in [-0.25, -0.2) is 0 Å². The summed E-state index contributed by atoms with van der Waals surface area (Å²) in [5, 5.41) is 6.43. The number of nitrogens with one attached hydrogen (secondary N) is 1. The normalized spacial score (nSPS) is 25.0. The molecule has 1 aliphatic heterocycles. The third-order valence-electron chi connectivity index (χ3n) is 3.93. The highest BCUT2D eigenvalue weighted by molar-refractivity contribution is 5.86. The highest BCUT2D eigenvalue weighted by atomic mass is 14.9. The average molecular weight is 225 g/mol. The number of hydrogen-bond acceptors (Lipinski definition) is 1. The fourth-order valence-corrected chi connectivity index (χ4v) is 2.99. The summed E-state index contributed by atoms with van der Waals surface area (Å²) in [5.74, 6) is 0.731. The van der Waals surface area contributed by atoms with Crippen molar-refractivity contribution in [1.82, 2.24) is 5.32 Å². The van der Waals surface area contributed by atoms with Crippen LogP contribution in [0.25, 0.3) is 10.8 Å². The van der Waals surface area contributed by atoms with Gasteiger partial charge in [0.1, 0.15) is 0 Å². The van der Waals surface area contributed by atoms with Crippen molar-refractivity contribution in [2.45, 2.75) is 25.8 Å². The molecule has 1 N–H and O–H groups in total. The Morgan fingerprint density at radius 3 is 2.76 bits per heavy atom. The zero-order chi connectivity index (χ0) is 11.7. The second kappa shape index (κ2) is 4.50. The Morgan fingerprint density at radius 1 is 1.06 bits per heavy atom. The Bertz CT molecular complexity index is 512. The smallest absolute Gasteiger partial charge is 0.0352 e. The summed E-state index contributed by atoms with van der Waals surface area (Å²) < 4.78 is 0. The average Bonchev–Trinajstić information content (AvgIpc) is 2.39. The van der Waals surface area contributed by atoms with Gasteiger partial charge in [0.15, 0.2) is 0 Å². The maximum absolute atomic E-state index is 3.68. The molecule has 1 nitrogen and oxygen atoms in total. The quantitative estimate of drug-likeness (QED) is 0.776. The fourth-order valence-electron chi connectivity index (χ4n) is 2.99. The van der Waals surface area contributed by atoms with E-state index in [2.05, 4.69) is 54.7 Å². The van der Waals surface area contributed by atoms with E-state index in [0.717, 1.165) is 12.5 Å². The Labute approximate surface area is 103 Å². The summed E-state index contributed by atoms with van der Waals surface area (Å²) in [5.41, 5.74) is 1.47. The maximum Gasteiger partial charge on any atom is 0.0352 e. The largest absolute Gasteiger partial charge is 0.310 e. The Morgan fingerprint density at radius 2 is 1.88 bits per heavy atom. The molecule has 0 amide bonds. The van der Waals surface area contributed by atoms with Crippen LogP contribution in [-0.2, 0) is 0 Å². The van der Waals surface area contributed by atoms with Gasteiger partial charge in [0, 0.05) is 6.04 Å². The number of fused-ring (bicyclic) bond motifs is 1. The number of rotatable bonds is 1. The van der Waals surface area contributed by atoms with Crippen molar-refractivity contribution in [3.63, 3.8) is 0 Å². The summed E-state index contributed by atoms with van der Waals surface area (Å²) in [6.45, 7) is 3.51. The molecule has 2 unspecified atom stereocenters. The first kappa shape index (κ1) is 10.8. The van der Waals surface area contributed by atoms with E-state index in [9.17, 15) is 0 Å². The predicted molar refractivity (Wildman–Crippen MR) is 73.1 cm³/mol. The number of benzene rings is 2. The van der Waals surface area contributed by atoms with Crippen LogP contribution in [0.3, 0.4) is 0 Å². The SMILES string of the molecule is CC1CCCNC1c1cccc2ccccc12. The van der Waals surface area contributed by atoms with Crippen LogP contribution in [-0.4, -0.2) is 6.54 Å². The van der Waals surface area contributed by atoms with Gasteiger partial charge in [-0.05, 0) is 41.6 Å². The van der Waals surface area contributed by atoms with E-state index in [0.29, 0.717) is 6.04 Å². The van der Waals surface area contributed by atoms with E-state index in [1.165, 1.54) is 29.2 Å². The molecule has 3 rings (SSSR count). The first-order valence-corrected chi connectivity index (χ1v) is 6.57. The van der Waals surface area contributed by atoms with Crippen molar-refractivity contribution < 1.29 is 0 Å². The summed E-state index contributed by atoms with van der Waals surface area (Å²) in [6, 6.07) is 15.9. The van der Waals surface area contributed by atoms with Gasteiger partial charge in [-0.1, -0.05) is 49.4 Å². The molecule has 88 valence electrons. The molecule has 2 aromatic carbocycles. The van der Waals surface area contributed by atoms with Gasteiger partial charge in [-0.15, -0.1) is 0 Å². The minimum atomic E-state index is 0.523. The molecule has 2 atom stereocenters. The standard InChI is InChI=1S/C16H19N/c1-12-6-5-11-17-16(12)15-10-4-8-13-7-2-3-9-14(13)15/h2-4,7-10,12,16-17H,5-6,11H2,1H3. The fraction of sp³-hybridized carbons (Fsp3) is 0.375. The first-order valence-electron chi connectivity index (χ1n) is 6.57. The molecule has 1 heterocycles. The van der Waals surface area contributed by atoms with Crippen LogP contribution in [0.4, 0.5) is 0 Å². The molecule has 1 fully saturated rings. The minimum Gasteiger partial charge on any atom is -0.310 e. The zero-order valence-corrected chi connectivity index (χ0v) is 10.3. The van der Waals surface area contributed by atoms with Crippen LogP contribution >= 0.6 is 0 Å². The van der Waals surface area contributed by atoms with Gasteiger partial charge >= 0.3 is 0 Å². The second-order valence-corrected chi connectivity index (χ2v) is 5.12. The van der Waals surface area contributed by atoms with Crippen LogP contribution in [0.1, 0.15) is 31.4 Å². The lowest BCUT2D eigenvalue weighted by Gasteiger charge is -2.31. The van der Waals surface area contributed by atoms with Crippen LogP contribution in [0.5, 0.6) is 0 Å². The van der Waals surface area contributed by atoms with Crippen molar-refractivity contribution >= 4 is 10.8 Å². The lowest BCUT2D eigenvalue weighted by molar-refractivity contribution is 0.307. The van der Waals surface area contributed by atoms with Gasteiger partial charge in [-0.3, -0.25) is 0 Å². The van der Waals surface area contributed by atoms with Crippen LogP contribution in [0.2, 0.25) is 0 Å². The molecule has 0 aliphatic carbocycles. The van der Waals surface area contributed by atoms with Gasteiger partial charge < -0.3 is 5.32 Å². The molecular weight excluding hydrogens is 206 g/mol. The minimum absolute atomic E-state index is 0.523. The summed E-state index contributed by atoms with van der Waals surface area (Å²) >= 11 is 0. The van der Waals surface area contributed by atoms with Gasteiger partial charge in [0.2, 0.25) is 0 Å². The highest BCUT2D eigenvalue weighted by Crippen LogP contribution is 2.33. The Hall–Kier alpha value is -1.34. The summed E-state index contributed by atoms with van der Waals surface area (Å²) in [6.07, 6.45) is 2.64. The van der Waals surface area contributed by atoms with Crippen molar-refractivity contribution in [1.29, 1.82) is 0 Å². The van der Waals surface area contributed by atoms with E-state index in [1.807, 2.05) is 0 Å². The van der Waals surface area contributed by atoms with E-state index >= 15 is 0 Å². The van der Waals surface area contributed by atoms with Gasteiger partial charge in [0.05, 0.1) is 0 Å². The van der Waals surface area contributed by atoms with Crippen molar-refractivity contribution in [2.75, 3.05) is 6.54 Å². The maximum atomic E-state index is 3.68. The third kappa shape index (κ3) is 1.96. The summed E-state index contributed by atoms with van der Waals surface area (Å²) in [7, 11) is 0. The van der Waals surface area contributed by atoms with Crippen molar-refractivity contribution in [3.8, 4) is 0 Å². The molecule has 0 saturated carbocycles. The van der Waals surface area contributed by atoms with E-state index in [-0.39, 0.29) is 0 Å².